The summed E-state index contributed by atoms with van der Waals surface area (Å²) in [6, 6.07) is 11.0. The smallest absolute Gasteiger partial charge is 0.0348 e. The summed E-state index contributed by atoms with van der Waals surface area (Å²) >= 11 is 1.85. The van der Waals surface area contributed by atoms with Gasteiger partial charge >= 0.3 is 0 Å². The third kappa shape index (κ3) is 2.34. The Balaban J connectivity index is 2.35. The lowest BCUT2D eigenvalue weighted by Crippen LogP contribution is -2.00. The van der Waals surface area contributed by atoms with Crippen LogP contribution in [-0.4, -0.2) is 6.54 Å². The molecule has 0 aliphatic carbocycles. The highest BCUT2D eigenvalue weighted by Gasteiger charge is 2.05. The predicted octanol–water partition coefficient (Wildman–Crippen LogP) is 3.53. The van der Waals surface area contributed by atoms with Gasteiger partial charge in [0, 0.05) is 9.75 Å². The number of nitrogens with two attached hydrogens (primary N) is 1. The maximum absolute atomic E-state index is 5.56. The van der Waals surface area contributed by atoms with Gasteiger partial charge in [0.05, 0.1) is 0 Å². The second-order valence-corrected chi connectivity index (χ2v) is 5.29. The third-order valence-electron chi connectivity index (χ3n) is 2.70. The van der Waals surface area contributed by atoms with Crippen LogP contribution in [0.25, 0.3) is 10.4 Å². The second-order valence-electron chi connectivity index (χ2n) is 4.12. The maximum Gasteiger partial charge on any atom is 0.0348 e. The first-order valence-corrected chi connectivity index (χ1v) is 6.39. The Bertz CT molecular complexity index is 485. The summed E-state index contributed by atoms with van der Waals surface area (Å²) in [5.41, 5.74) is 9.58. The minimum Gasteiger partial charge on any atom is -0.330 e. The molecule has 0 bridgehead atoms. The molecule has 0 saturated carbocycles. The molecule has 0 aliphatic heterocycles. The van der Waals surface area contributed by atoms with Crippen LogP contribution in [0.15, 0.2) is 30.3 Å². The third-order valence-corrected chi connectivity index (χ3v) is 3.88. The van der Waals surface area contributed by atoms with Crippen molar-refractivity contribution >= 4 is 11.3 Å². The van der Waals surface area contributed by atoms with E-state index in [-0.39, 0.29) is 0 Å². The molecule has 0 amide bonds. The first-order valence-electron chi connectivity index (χ1n) is 5.57. The van der Waals surface area contributed by atoms with Crippen molar-refractivity contribution in [2.24, 2.45) is 5.73 Å². The molecule has 0 atom stereocenters. The fraction of sp³-hybridized carbons (Fsp3) is 0.286. The second kappa shape index (κ2) is 4.81. The van der Waals surface area contributed by atoms with Crippen molar-refractivity contribution in [1.82, 2.24) is 0 Å². The standard InChI is InChI=1S/C14H17NS/c1-10-3-5-13(11(2)9-10)14-6-4-12(16-14)7-8-15/h3-6,9H,7-8,15H2,1-2H3. The van der Waals surface area contributed by atoms with Gasteiger partial charge in [-0.1, -0.05) is 23.8 Å². The fourth-order valence-corrected chi connectivity index (χ4v) is 3.00. The van der Waals surface area contributed by atoms with E-state index >= 15 is 0 Å². The minimum atomic E-state index is 0.729. The van der Waals surface area contributed by atoms with Crippen molar-refractivity contribution in [3.8, 4) is 10.4 Å². The highest BCUT2D eigenvalue weighted by molar-refractivity contribution is 7.15. The molecule has 0 aliphatic rings. The molecule has 2 rings (SSSR count). The van der Waals surface area contributed by atoms with Gasteiger partial charge in [-0.3, -0.25) is 0 Å². The fourth-order valence-electron chi connectivity index (χ4n) is 1.89. The maximum atomic E-state index is 5.56. The molecule has 1 aromatic heterocycles. The van der Waals surface area contributed by atoms with Crippen LogP contribution in [-0.2, 0) is 6.42 Å². The number of aryl methyl sites for hydroxylation is 2. The summed E-state index contributed by atoms with van der Waals surface area (Å²) in [5, 5.41) is 0. The lowest BCUT2D eigenvalue weighted by molar-refractivity contribution is 0.989. The van der Waals surface area contributed by atoms with E-state index in [4.69, 9.17) is 5.73 Å². The zero-order valence-electron chi connectivity index (χ0n) is 9.79. The molecule has 1 nitrogen and oxygen atoms in total. The minimum absolute atomic E-state index is 0.729. The van der Waals surface area contributed by atoms with Crippen LogP contribution in [0, 0.1) is 13.8 Å². The first-order chi connectivity index (χ1) is 7.70. The van der Waals surface area contributed by atoms with Crippen molar-refractivity contribution in [3.63, 3.8) is 0 Å². The number of hydrogen-bond acceptors (Lipinski definition) is 2. The van der Waals surface area contributed by atoms with Gasteiger partial charge in [0.2, 0.25) is 0 Å². The van der Waals surface area contributed by atoms with E-state index in [1.807, 2.05) is 11.3 Å². The van der Waals surface area contributed by atoms with Gasteiger partial charge < -0.3 is 5.73 Å². The Morgan fingerprint density at radius 3 is 2.62 bits per heavy atom. The summed E-state index contributed by atoms with van der Waals surface area (Å²) in [7, 11) is 0. The Morgan fingerprint density at radius 1 is 1.12 bits per heavy atom. The number of thiophene rings is 1. The summed E-state index contributed by atoms with van der Waals surface area (Å²) in [4.78, 5) is 2.72. The molecule has 0 spiro atoms. The lowest BCUT2D eigenvalue weighted by Gasteiger charge is -2.04. The lowest BCUT2D eigenvalue weighted by atomic mass is 10.0. The largest absolute Gasteiger partial charge is 0.330 e. The molecule has 0 fully saturated rings. The van der Waals surface area contributed by atoms with E-state index in [0.29, 0.717) is 0 Å². The Morgan fingerprint density at radius 2 is 1.94 bits per heavy atom. The van der Waals surface area contributed by atoms with Crippen molar-refractivity contribution < 1.29 is 0 Å². The van der Waals surface area contributed by atoms with Crippen molar-refractivity contribution in [3.05, 3.63) is 46.3 Å². The monoisotopic (exact) mass is 231 g/mol. The molecule has 2 heteroatoms. The van der Waals surface area contributed by atoms with E-state index in [9.17, 15) is 0 Å². The van der Waals surface area contributed by atoms with Gasteiger partial charge in [0.15, 0.2) is 0 Å². The summed E-state index contributed by atoms with van der Waals surface area (Å²) in [6.45, 7) is 5.03. The Hall–Kier alpha value is -1.12. The van der Waals surface area contributed by atoms with E-state index < -0.39 is 0 Å². The van der Waals surface area contributed by atoms with Crippen LogP contribution >= 0.6 is 11.3 Å². The highest BCUT2D eigenvalue weighted by atomic mass is 32.1. The van der Waals surface area contributed by atoms with Gasteiger partial charge in [0.1, 0.15) is 0 Å². The number of hydrogen-bond donors (Lipinski definition) is 1. The van der Waals surface area contributed by atoms with Crippen molar-refractivity contribution in [2.45, 2.75) is 20.3 Å². The Kier molecular flexibility index (Phi) is 3.42. The van der Waals surface area contributed by atoms with E-state index in [1.54, 1.807) is 0 Å². The van der Waals surface area contributed by atoms with Crippen LogP contribution in [0.3, 0.4) is 0 Å². The van der Waals surface area contributed by atoms with E-state index in [2.05, 4.69) is 44.2 Å². The van der Waals surface area contributed by atoms with Crippen molar-refractivity contribution in [2.75, 3.05) is 6.54 Å². The molecule has 0 unspecified atom stereocenters. The molecule has 1 heterocycles. The normalized spacial score (nSPS) is 10.7. The number of benzene rings is 1. The summed E-state index contributed by atoms with van der Waals surface area (Å²) < 4.78 is 0. The summed E-state index contributed by atoms with van der Waals surface area (Å²) in [6.07, 6.45) is 0.982. The molecule has 16 heavy (non-hydrogen) atoms. The van der Waals surface area contributed by atoms with Gasteiger partial charge in [-0.25, -0.2) is 0 Å². The van der Waals surface area contributed by atoms with Crippen LogP contribution in [0.1, 0.15) is 16.0 Å². The number of rotatable bonds is 3. The Labute approximate surface area is 101 Å². The predicted molar refractivity (Wildman–Crippen MR) is 72.0 cm³/mol. The van der Waals surface area contributed by atoms with E-state index in [0.717, 1.165) is 13.0 Å². The molecular weight excluding hydrogens is 214 g/mol. The van der Waals surface area contributed by atoms with Gasteiger partial charge in [-0.2, -0.15) is 0 Å². The van der Waals surface area contributed by atoms with E-state index in [1.165, 1.54) is 26.4 Å². The SMILES string of the molecule is Cc1ccc(-c2ccc(CCN)s2)c(C)c1. The topological polar surface area (TPSA) is 26.0 Å². The average molecular weight is 231 g/mol. The molecule has 2 aromatic rings. The molecule has 0 radical (unpaired) electrons. The highest BCUT2D eigenvalue weighted by Crippen LogP contribution is 2.31. The average Bonchev–Trinajstić information content (AvgIpc) is 2.67. The zero-order valence-corrected chi connectivity index (χ0v) is 10.6. The quantitative estimate of drug-likeness (QED) is 0.859. The van der Waals surface area contributed by atoms with Gasteiger partial charge in [0.25, 0.3) is 0 Å². The first kappa shape index (κ1) is 11.4. The molecule has 0 saturated heterocycles. The summed E-state index contributed by atoms with van der Waals surface area (Å²) in [5.74, 6) is 0. The van der Waals surface area contributed by atoms with Crippen LogP contribution in [0.2, 0.25) is 0 Å². The zero-order chi connectivity index (χ0) is 11.5. The van der Waals surface area contributed by atoms with Crippen molar-refractivity contribution in [1.29, 1.82) is 0 Å². The van der Waals surface area contributed by atoms with Crippen LogP contribution in [0.5, 0.6) is 0 Å². The molecule has 2 N–H and O–H groups in total. The van der Waals surface area contributed by atoms with Gasteiger partial charge in [-0.15, -0.1) is 11.3 Å². The molecule has 1 aromatic carbocycles. The van der Waals surface area contributed by atoms with Crippen LogP contribution in [0.4, 0.5) is 0 Å². The molecule has 84 valence electrons. The van der Waals surface area contributed by atoms with Crippen LogP contribution < -0.4 is 5.73 Å². The van der Waals surface area contributed by atoms with Gasteiger partial charge in [-0.05, 0) is 50.1 Å². The molecular formula is C14H17NS.